The molecule has 0 aliphatic heterocycles. The van der Waals surface area contributed by atoms with Crippen molar-refractivity contribution in [2.75, 3.05) is 12.4 Å². The van der Waals surface area contributed by atoms with Crippen LogP contribution in [0.25, 0.3) is 0 Å². The van der Waals surface area contributed by atoms with Crippen LogP contribution in [-0.4, -0.2) is 12.4 Å². The van der Waals surface area contributed by atoms with Crippen molar-refractivity contribution in [3.05, 3.63) is 28.2 Å². The Morgan fingerprint density at radius 1 is 1.31 bits per heavy atom. The maximum Gasteiger partial charge on any atom is 0.139 e. The zero-order valence-electron chi connectivity index (χ0n) is 8.88. The molecule has 0 spiro atoms. The van der Waals surface area contributed by atoms with Gasteiger partial charge in [-0.1, -0.05) is 35.7 Å². The molecule has 1 aliphatic carbocycles. The van der Waals surface area contributed by atoms with E-state index in [1.165, 1.54) is 19.3 Å². The van der Waals surface area contributed by atoms with E-state index in [1.54, 1.807) is 6.07 Å². The Labute approximate surface area is 111 Å². The zero-order chi connectivity index (χ0) is 11.6. The maximum atomic E-state index is 6.05. The van der Waals surface area contributed by atoms with E-state index in [4.69, 9.17) is 27.9 Å². The average Bonchev–Trinajstić information content (AvgIpc) is 2.23. The van der Waals surface area contributed by atoms with E-state index in [9.17, 15) is 0 Å². The normalized spacial score (nSPS) is 17.9. The fourth-order valence-electron chi connectivity index (χ4n) is 1.85. The van der Waals surface area contributed by atoms with E-state index < -0.39 is 0 Å². The molecule has 0 amide bonds. The molecule has 0 saturated heterocycles. The van der Waals surface area contributed by atoms with Crippen LogP contribution in [0.1, 0.15) is 19.3 Å². The lowest BCUT2D eigenvalue weighted by Crippen LogP contribution is -2.37. The summed E-state index contributed by atoms with van der Waals surface area (Å²) in [7, 11) is 0. The number of thiol groups is 1. The van der Waals surface area contributed by atoms with Crippen molar-refractivity contribution >= 4 is 35.8 Å². The largest absolute Gasteiger partial charge is 0.491 e. The molecule has 4 heteroatoms. The van der Waals surface area contributed by atoms with Crippen LogP contribution in [-0.2, 0) is 0 Å². The quantitative estimate of drug-likeness (QED) is 0.799. The van der Waals surface area contributed by atoms with Crippen LogP contribution in [0.5, 0.6) is 5.75 Å². The first kappa shape index (κ1) is 12.4. The van der Waals surface area contributed by atoms with Gasteiger partial charge in [0.05, 0.1) is 11.6 Å². The van der Waals surface area contributed by atoms with E-state index in [0.717, 1.165) is 5.75 Å². The molecule has 1 aromatic rings. The van der Waals surface area contributed by atoms with E-state index in [0.29, 0.717) is 22.4 Å². The minimum atomic E-state index is 0.245. The summed E-state index contributed by atoms with van der Waals surface area (Å²) < 4.78 is 5.75. The second-order valence-corrected chi connectivity index (χ2v) is 5.45. The monoisotopic (exact) mass is 276 g/mol. The molecule has 0 bridgehead atoms. The molecular formula is C12H14Cl2OS. The van der Waals surface area contributed by atoms with Gasteiger partial charge in [0.2, 0.25) is 0 Å². The predicted molar refractivity (Wildman–Crippen MR) is 72.1 cm³/mol. The fourth-order valence-corrected chi connectivity index (χ4v) is 2.61. The van der Waals surface area contributed by atoms with Crippen LogP contribution in [0.3, 0.4) is 0 Å². The van der Waals surface area contributed by atoms with Gasteiger partial charge in [-0.25, -0.2) is 0 Å². The topological polar surface area (TPSA) is 9.23 Å². The third kappa shape index (κ3) is 2.44. The predicted octanol–water partition coefficient (Wildman–Crippen LogP) is 4.47. The summed E-state index contributed by atoms with van der Waals surface area (Å²) >= 11 is 16.4. The van der Waals surface area contributed by atoms with Crippen LogP contribution in [0, 0.1) is 5.41 Å². The van der Waals surface area contributed by atoms with Gasteiger partial charge in [0.1, 0.15) is 10.8 Å². The number of halogens is 2. The van der Waals surface area contributed by atoms with Crippen LogP contribution in [0.2, 0.25) is 10.0 Å². The van der Waals surface area contributed by atoms with Crippen LogP contribution >= 0.6 is 35.8 Å². The second kappa shape index (κ2) is 5.07. The molecule has 0 aromatic heterocycles. The Bertz CT molecular complexity index is 372. The highest BCUT2D eigenvalue weighted by Crippen LogP contribution is 2.43. The molecular weight excluding hydrogens is 263 g/mol. The molecule has 1 fully saturated rings. The molecule has 1 saturated carbocycles. The number of ether oxygens (including phenoxy) is 1. The first-order valence-electron chi connectivity index (χ1n) is 5.35. The summed E-state index contributed by atoms with van der Waals surface area (Å²) in [4.78, 5) is 0. The van der Waals surface area contributed by atoms with Crippen molar-refractivity contribution in [1.29, 1.82) is 0 Å². The number of hydrogen-bond acceptors (Lipinski definition) is 2. The smallest absolute Gasteiger partial charge is 0.139 e. The molecule has 1 nitrogen and oxygen atoms in total. The van der Waals surface area contributed by atoms with Crippen LogP contribution in [0.4, 0.5) is 0 Å². The van der Waals surface area contributed by atoms with Gasteiger partial charge in [-0.15, -0.1) is 0 Å². The van der Waals surface area contributed by atoms with Crippen molar-refractivity contribution in [2.24, 2.45) is 5.41 Å². The minimum absolute atomic E-state index is 0.245. The van der Waals surface area contributed by atoms with Gasteiger partial charge < -0.3 is 4.74 Å². The summed E-state index contributed by atoms with van der Waals surface area (Å²) in [5.74, 6) is 1.53. The third-order valence-electron chi connectivity index (χ3n) is 3.20. The van der Waals surface area contributed by atoms with Gasteiger partial charge in [0.25, 0.3) is 0 Å². The number of rotatable bonds is 4. The summed E-state index contributed by atoms with van der Waals surface area (Å²) in [6.45, 7) is 0.677. The van der Waals surface area contributed by atoms with Crippen molar-refractivity contribution in [2.45, 2.75) is 19.3 Å². The Morgan fingerprint density at radius 3 is 2.62 bits per heavy atom. The van der Waals surface area contributed by atoms with Crippen LogP contribution in [0.15, 0.2) is 18.2 Å². The average molecular weight is 277 g/mol. The Morgan fingerprint density at radius 2 is 2.06 bits per heavy atom. The molecule has 1 aliphatic rings. The van der Waals surface area contributed by atoms with E-state index >= 15 is 0 Å². The summed E-state index contributed by atoms with van der Waals surface area (Å²) in [5, 5.41) is 1.03. The minimum Gasteiger partial charge on any atom is -0.491 e. The second-order valence-electron chi connectivity index (χ2n) is 4.35. The van der Waals surface area contributed by atoms with Gasteiger partial charge in [-0.05, 0) is 30.7 Å². The van der Waals surface area contributed by atoms with Crippen molar-refractivity contribution in [3.63, 3.8) is 0 Å². The van der Waals surface area contributed by atoms with E-state index in [2.05, 4.69) is 12.6 Å². The molecule has 16 heavy (non-hydrogen) atoms. The van der Waals surface area contributed by atoms with E-state index in [-0.39, 0.29) is 5.41 Å². The van der Waals surface area contributed by atoms with Crippen molar-refractivity contribution in [3.8, 4) is 5.75 Å². The molecule has 0 heterocycles. The zero-order valence-corrected chi connectivity index (χ0v) is 11.3. The standard InChI is InChI=1S/C12H14Cl2OS/c13-9-3-1-4-10(11(9)14)15-7-12(8-16)5-2-6-12/h1,3-4,16H,2,5-8H2. The molecule has 0 unspecified atom stereocenters. The fraction of sp³-hybridized carbons (Fsp3) is 0.500. The van der Waals surface area contributed by atoms with Crippen molar-refractivity contribution in [1.82, 2.24) is 0 Å². The van der Waals surface area contributed by atoms with Gasteiger partial charge in [0, 0.05) is 5.41 Å². The van der Waals surface area contributed by atoms with Crippen LogP contribution < -0.4 is 4.74 Å². The maximum absolute atomic E-state index is 6.05. The van der Waals surface area contributed by atoms with Gasteiger partial charge in [0.15, 0.2) is 0 Å². The molecule has 0 N–H and O–H groups in total. The summed E-state index contributed by atoms with van der Waals surface area (Å²) in [5.41, 5.74) is 0.245. The third-order valence-corrected chi connectivity index (χ3v) is 4.67. The van der Waals surface area contributed by atoms with E-state index in [1.807, 2.05) is 12.1 Å². The summed E-state index contributed by atoms with van der Waals surface area (Å²) in [6.07, 6.45) is 3.65. The lowest BCUT2D eigenvalue weighted by molar-refractivity contribution is 0.0830. The highest BCUT2D eigenvalue weighted by Gasteiger charge is 2.36. The Kier molecular flexibility index (Phi) is 3.93. The first-order chi connectivity index (χ1) is 7.67. The number of hydrogen-bond donors (Lipinski definition) is 1. The lowest BCUT2D eigenvalue weighted by Gasteiger charge is -2.40. The summed E-state index contributed by atoms with van der Waals surface area (Å²) in [6, 6.07) is 5.45. The molecule has 88 valence electrons. The van der Waals surface area contributed by atoms with Gasteiger partial charge >= 0.3 is 0 Å². The molecule has 0 atom stereocenters. The highest BCUT2D eigenvalue weighted by atomic mass is 35.5. The van der Waals surface area contributed by atoms with Gasteiger partial charge in [-0.3, -0.25) is 0 Å². The highest BCUT2D eigenvalue weighted by molar-refractivity contribution is 7.80. The number of benzene rings is 1. The molecule has 2 rings (SSSR count). The lowest BCUT2D eigenvalue weighted by atomic mass is 9.71. The Hall–Kier alpha value is -0.0500. The Balaban J connectivity index is 2.02. The first-order valence-corrected chi connectivity index (χ1v) is 6.73. The SMILES string of the molecule is SCC1(COc2cccc(Cl)c2Cl)CCC1. The van der Waals surface area contributed by atoms with Gasteiger partial charge in [-0.2, -0.15) is 12.6 Å². The van der Waals surface area contributed by atoms with Crippen molar-refractivity contribution < 1.29 is 4.74 Å². The molecule has 1 aromatic carbocycles. The molecule has 0 radical (unpaired) electrons.